The fourth-order valence-corrected chi connectivity index (χ4v) is 4.40. The summed E-state index contributed by atoms with van der Waals surface area (Å²) >= 11 is 0. The summed E-state index contributed by atoms with van der Waals surface area (Å²) in [5.41, 5.74) is 0.469. The molecule has 26 heavy (non-hydrogen) atoms. The van der Waals surface area contributed by atoms with Crippen molar-refractivity contribution in [1.29, 1.82) is 0 Å². The lowest BCUT2D eigenvalue weighted by Gasteiger charge is -2.29. The van der Waals surface area contributed by atoms with Crippen LogP contribution in [0.15, 0.2) is 47.5 Å². The number of carboxylic acids is 1. The van der Waals surface area contributed by atoms with Crippen LogP contribution in [0.25, 0.3) is 0 Å². The van der Waals surface area contributed by atoms with Gasteiger partial charge in [0.05, 0.1) is 22.7 Å². The maximum absolute atomic E-state index is 13.2. The van der Waals surface area contributed by atoms with E-state index in [9.17, 15) is 17.6 Å². The fourth-order valence-electron chi connectivity index (χ4n) is 2.65. The Kier molecular flexibility index (Phi) is 6.44. The van der Waals surface area contributed by atoms with Crippen LogP contribution in [0.5, 0.6) is 0 Å². The first-order chi connectivity index (χ1) is 12.3. The summed E-state index contributed by atoms with van der Waals surface area (Å²) in [6.45, 7) is 3.79. The van der Waals surface area contributed by atoms with Crippen LogP contribution >= 0.6 is 0 Å². The van der Waals surface area contributed by atoms with Gasteiger partial charge in [0.15, 0.2) is 0 Å². The van der Waals surface area contributed by atoms with Crippen molar-refractivity contribution in [3.8, 4) is 0 Å². The van der Waals surface area contributed by atoms with Gasteiger partial charge in [-0.3, -0.25) is 4.98 Å². The number of carboxylic acid groups (broad SMARTS) is 1. The molecule has 0 aliphatic carbocycles. The van der Waals surface area contributed by atoms with Crippen molar-refractivity contribution >= 4 is 16.0 Å². The van der Waals surface area contributed by atoms with E-state index < -0.39 is 21.8 Å². The summed E-state index contributed by atoms with van der Waals surface area (Å²) in [6.07, 6.45) is 2.40. The van der Waals surface area contributed by atoms with Crippen LogP contribution in [-0.4, -0.2) is 34.8 Å². The van der Waals surface area contributed by atoms with Gasteiger partial charge < -0.3 is 5.11 Å². The van der Waals surface area contributed by atoms with Crippen molar-refractivity contribution in [2.45, 2.75) is 44.2 Å². The lowest BCUT2D eigenvalue weighted by molar-refractivity contribution is 0.0696. The summed E-state index contributed by atoms with van der Waals surface area (Å²) in [5, 5.41) is 8.95. The molecule has 140 valence electrons. The minimum Gasteiger partial charge on any atom is -0.478 e. The maximum Gasteiger partial charge on any atom is 0.337 e. The lowest BCUT2D eigenvalue weighted by Crippen LogP contribution is -2.39. The van der Waals surface area contributed by atoms with E-state index in [0.717, 1.165) is 12.1 Å². The minimum absolute atomic E-state index is 0.00591. The van der Waals surface area contributed by atoms with Gasteiger partial charge in [-0.25, -0.2) is 17.6 Å². The van der Waals surface area contributed by atoms with Crippen molar-refractivity contribution in [1.82, 2.24) is 9.29 Å². The maximum atomic E-state index is 13.2. The molecule has 6 nitrogen and oxygen atoms in total. The van der Waals surface area contributed by atoms with Crippen molar-refractivity contribution in [3.05, 3.63) is 59.7 Å². The van der Waals surface area contributed by atoms with Gasteiger partial charge in [0.2, 0.25) is 10.0 Å². The molecule has 0 spiro atoms. The van der Waals surface area contributed by atoms with Crippen LogP contribution in [0, 0.1) is 5.82 Å². The summed E-state index contributed by atoms with van der Waals surface area (Å²) in [4.78, 5) is 15.0. The van der Waals surface area contributed by atoms with Crippen molar-refractivity contribution in [2.24, 2.45) is 0 Å². The Morgan fingerprint density at radius 2 is 1.77 bits per heavy atom. The molecule has 1 aromatic carbocycles. The number of aromatic carboxylic acids is 1. The van der Waals surface area contributed by atoms with Gasteiger partial charge in [-0.1, -0.05) is 13.8 Å². The number of sulfonamides is 1. The number of nitrogens with zero attached hydrogens (tertiary/aromatic N) is 2. The molecule has 0 amide bonds. The number of aromatic nitrogens is 1. The van der Waals surface area contributed by atoms with Gasteiger partial charge in [0, 0.05) is 12.2 Å². The lowest BCUT2D eigenvalue weighted by atomic mass is 10.1. The van der Waals surface area contributed by atoms with Gasteiger partial charge in [0.25, 0.3) is 0 Å². The van der Waals surface area contributed by atoms with E-state index in [1.54, 1.807) is 0 Å². The summed E-state index contributed by atoms with van der Waals surface area (Å²) in [7, 11) is -3.86. The normalized spacial score (nSPS) is 11.9. The molecule has 8 heteroatoms. The zero-order valence-electron chi connectivity index (χ0n) is 14.6. The molecule has 1 aromatic heterocycles. The van der Waals surface area contributed by atoms with Crippen LogP contribution in [0.2, 0.25) is 0 Å². The molecule has 0 aliphatic heterocycles. The SMILES string of the molecule is CCC(CC)N(Cc1ccc(C(=O)O)cn1)S(=O)(=O)c1ccc(F)cc1. The minimum atomic E-state index is -3.86. The number of halogens is 1. The van der Waals surface area contributed by atoms with E-state index in [0.29, 0.717) is 18.5 Å². The Balaban J connectivity index is 2.39. The van der Waals surface area contributed by atoms with Crippen LogP contribution in [0.3, 0.4) is 0 Å². The first-order valence-corrected chi connectivity index (χ1v) is 9.69. The average molecular weight is 380 g/mol. The van der Waals surface area contributed by atoms with E-state index in [-0.39, 0.29) is 23.0 Å². The van der Waals surface area contributed by atoms with E-state index in [1.807, 2.05) is 13.8 Å². The first kappa shape index (κ1) is 20.0. The van der Waals surface area contributed by atoms with Gasteiger partial charge in [0.1, 0.15) is 5.82 Å². The van der Waals surface area contributed by atoms with Gasteiger partial charge >= 0.3 is 5.97 Å². The Morgan fingerprint density at radius 3 is 2.23 bits per heavy atom. The third kappa shape index (κ3) is 4.44. The van der Waals surface area contributed by atoms with Crippen LogP contribution < -0.4 is 0 Å². The third-order valence-corrected chi connectivity index (χ3v) is 6.07. The van der Waals surface area contributed by atoms with Crippen molar-refractivity contribution < 1.29 is 22.7 Å². The van der Waals surface area contributed by atoms with Gasteiger partial charge in [-0.05, 0) is 49.2 Å². The van der Waals surface area contributed by atoms with Crippen molar-refractivity contribution in [2.75, 3.05) is 0 Å². The third-order valence-electron chi connectivity index (χ3n) is 4.16. The summed E-state index contributed by atoms with van der Waals surface area (Å²) in [5.74, 6) is -1.61. The molecule has 0 aliphatic rings. The number of hydrogen-bond acceptors (Lipinski definition) is 4. The molecule has 2 rings (SSSR count). The molecular formula is C18H21FN2O4S. The number of hydrogen-bond donors (Lipinski definition) is 1. The van der Waals surface area contributed by atoms with Crippen LogP contribution in [-0.2, 0) is 16.6 Å². The van der Waals surface area contributed by atoms with Crippen molar-refractivity contribution in [3.63, 3.8) is 0 Å². The molecule has 2 aromatic rings. The highest BCUT2D eigenvalue weighted by molar-refractivity contribution is 7.89. The molecule has 0 unspecified atom stereocenters. The molecule has 1 N–H and O–H groups in total. The molecule has 0 saturated carbocycles. The molecule has 0 radical (unpaired) electrons. The number of pyridine rings is 1. The van der Waals surface area contributed by atoms with E-state index in [4.69, 9.17) is 5.11 Å². The highest BCUT2D eigenvalue weighted by atomic mass is 32.2. The zero-order valence-corrected chi connectivity index (χ0v) is 15.4. The molecule has 1 heterocycles. The van der Waals surface area contributed by atoms with Crippen LogP contribution in [0.4, 0.5) is 4.39 Å². The average Bonchev–Trinajstić information content (AvgIpc) is 2.62. The second-order valence-electron chi connectivity index (χ2n) is 5.82. The molecule has 0 saturated heterocycles. The number of carbonyl (C=O) groups is 1. The van der Waals surface area contributed by atoms with Crippen LogP contribution in [0.1, 0.15) is 42.7 Å². The topological polar surface area (TPSA) is 87.6 Å². The Morgan fingerprint density at radius 1 is 1.15 bits per heavy atom. The second-order valence-corrected chi connectivity index (χ2v) is 7.71. The monoisotopic (exact) mass is 380 g/mol. The quantitative estimate of drug-likeness (QED) is 0.759. The summed E-state index contributed by atoms with van der Waals surface area (Å²) in [6, 6.07) is 7.32. The molecule has 0 fully saturated rings. The first-order valence-electron chi connectivity index (χ1n) is 8.25. The Hall–Kier alpha value is -2.32. The van der Waals surface area contributed by atoms with E-state index in [2.05, 4.69) is 4.98 Å². The number of benzene rings is 1. The Labute approximate surface area is 152 Å². The molecule has 0 atom stereocenters. The second kappa shape index (κ2) is 8.37. The highest BCUT2D eigenvalue weighted by Gasteiger charge is 2.30. The van der Waals surface area contributed by atoms with Gasteiger partial charge in [-0.2, -0.15) is 4.31 Å². The van der Waals surface area contributed by atoms with E-state index in [1.165, 1.54) is 34.8 Å². The predicted octanol–water partition coefficient (Wildman–Crippen LogP) is 3.30. The largest absolute Gasteiger partial charge is 0.478 e. The fraction of sp³-hybridized carbons (Fsp3) is 0.333. The standard InChI is InChI=1S/C18H21FN2O4S/c1-3-16(4-2)21(12-15-8-5-13(11-20-15)18(22)23)26(24,25)17-9-6-14(19)7-10-17/h5-11,16H,3-4,12H2,1-2H3,(H,22,23). The van der Waals surface area contributed by atoms with Gasteiger partial charge in [-0.15, -0.1) is 0 Å². The molecule has 0 bridgehead atoms. The zero-order chi connectivity index (χ0) is 19.3. The molecular weight excluding hydrogens is 359 g/mol. The Bertz CT molecular complexity index is 848. The highest BCUT2D eigenvalue weighted by Crippen LogP contribution is 2.24. The summed E-state index contributed by atoms with van der Waals surface area (Å²) < 4.78 is 40.6. The smallest absolute Gasteiger partial charge is 0.337 e. The number of rotatable bonds is 8. The van der Waals surface area contributed by atoms with E-state index >= 15 is 0 Å². The predicted molar refractivity (Wildman–Crippen MR) is 94.7 cm³/mol.